The Morgan fingerprint density at radius 2 is 1.95 bits per heavy atom. The molecule has 106 valence electrons. The summed E-state index contributed by atoms with van der Waals surface area (Å²) in [5.41, 5.74) is 2.24. The Morgan fingerprint density at radius 1 is 1.25 bits per heavy atom. The summed E-state index contributed by atoms with van der Waals surface area (Å²) in [6.45, 7) is 3.78. The second-order valence-corrected chi connectivity index (χ2v) is 4.88. The summed E-state index contributed by atoms with van der Waals surface area (Å²) in [6.07, 6.45) is 0. The smallest absolute Gasteiger partial charge is 0.129 e. The average molecular weight is 274 g/mol. The van der Waals surface area contributed by atoms with Crippen molar-refractivity contribution >= 4 is 5.82 Å². The lowest BCUT2D eigenvalue weighted by Gasteiger charge is -2.27. The largest absolute Gasteiger partial charge is 0.392 e. The summed E-state index contributed by atoms with van der Waals surface area (Å²) in [6, 6.07) is 10.3. The van der Waals surface area contributed by atoms with E-state index in [9.17, 15) is 4.39 Å². The minimum Gasteiger partial charge on any atom is -0.392 e. The molecule has 4 heteroatoms. The molecule has 0 radical (unpaired) electrons. The van der Waals surface area contributed by atoms with Gasteiger partial charge in [0.25, 0.3) is 0 Å². The molecule has 0 aliphatic heterocycles. The Hall–Kier alpha value is -1.94. The molecule has 2 rings (SSSR count). The first-order chi connectivity index (χ1) is 9.54. The van der Waals surface area contributed by atoms with E-state index in [2.05, 4.69) is 4.98 Å². The van der Waals surface area contributed by atoms with Gasteiger partial charge < -0.3 is 10.0 Å². The minimum atomic E-state index is -0.212. The van der Waals surface area contributed by atoms with Crippen LogP contribution in [0.5, 0.6) is 0 Å². The summed E-state index contributed by atoms with van der Waals surface area (Å²) in [4.78, 5) is 6.39. The monoisotopic (exact) mass is 274 g/mol. The van der Waals surface area contributed by atoms with Crippen molar-refractivity contribution in [2.24, 2.45) is 0 Å². The topological polar surface area (TPSA) is 36.4 Å². The molecular weight excluding hydrogens is 255 g/mol. The van der Waals surface area contributed by atoms with Crippen LogP contribution in [-0.4, -0.2) is 17.1 Å². The average Bonchev–Trinajstić information content (AvgIpc) is 2.46. The highest BCUT2D eigenvalue weighted by Crippen LogP contribution is 2.26. The van der Waals surface area contributed by atoms with Gasteiger partial charge in [-0.1, -0.05) is 24.3 Å². The van der Waals surface area contributed by atoms with E-state index in [1.165, 1.54) is 6.07 Å². The number of aliphatic hydroxyl groups is 1. The quantitative estimate of drug-likeness (QED) is 0.930. The van der Waals surface area contributed by atoms with Gasteiger partial charge in [0.15, 0.2) is 0 Å². The Kier molecular flexibility index (Phi) is 4.35. The first-order valence-corrected chi connectivity index (χ1v) is 6.59. The van der Waals surface area contributed by atoms with Crippen molar-refractivity contribution in [1.82, 2.24) is 4.98 Å². The molecule has 0 bridgehead atoms. The van der Waals surface area contributed by atoms with Crippen molar-refractivity contribution < 1.29 is 9.50 Å². The van der Waals surface area contributed by atoms with E-state index in [4.69, 9.17) is 5.11 Å². The van der Waals surface area contributed by atoms with Gasteiger partial charge in [0.2, 0.25) is 0 Å². The summed E-state index contributed by atoms with van der Waals surface area (Å²) in [5.74, 6) is 0.547. The second kappa shape index (κ2) is 6.01. The maximum absolute atomic E-state index is 13.8. The zero-order valence-electron chi connectivity index (χ0n) is 12.0. The summed E-state index contributed by atoms with van der Waals surface area (Å²) >= 11 is 0. The fourth-order valence-corrected chi connectivity index (χ4v) is 2.16. The number of hydrogen-bond donors (Lipinski definition) is 1. The second-order valence-electron chi connectivity index (χ2n) is 4.88. The number of anilines is 1. The Morgan fingerprint density at radius 3 is 2.55 bits per heavy atom. The molecule has 3 nitrogen and oxygen atoms in total. The molecule has 1 aromatic carbocycles. The van der Waals surface area contributed by atoms with E-state index < -0.39 is 0 Å². The number of aryl methyl sites for hydroxylation is 1. The molecule has 1 unspecified atom stereocenters. The Balaban J connectivity index is 2.29. The number of benzene rings is 1. The van der Waals surface area contributed by atoms with E-state index in [1.54, 1.807) is 12.1 Å². The molecule has 0 fully saturated rings. The van der Waals surface area contributed by atoms with E-state index in [0.29, 0.717) is 5.56 Å². The number of hydrogen-bond acceptors (Lipinski definition) is 3. The van der Waals surface area contributed by atoms with Gasteiger partial charge in [-0.3, -0.25) is 0 Å². The van der Waals surface area contributed by atoms with Crippen molar-refractivity contribution in [3.8, 4) is 0 Å². The van der Waals surface area contributed by atoms with Crippen LogP contribution in [0.4, 0.5) is 10.2 Å². The molecule has 2 aromatic rings. The number of nitrogens with zero attached hydrogens (tertiary/aromatic N) is 2. The molecule has 0 amide bonds. The summed E-state index contributed by atoms with van der Waals surface area (Å²) < 4.78 is 13.8. The van der Waals surface area contributed by atoms with E-state index in [1.807, 2.05) is 44.0 Å². The number of pyridine rings is 1. The van der Waals surface area contributed by atoms with Crippen LogP contribution in [-0.2, 0) is 6.61 Å². The molecular formula is C16H19FN2O. The van der Waals surface area contributed by atoms with Gasteiger partial charge in [-0.05, 0) is 31.5 Å². The molecule has 0 saturated carbocycles. The SMILES string of the molecule is Cc1nc(N(C)C(C)c2ccccc2F)ccc1CO. The van der Waals surface area contributed by atoms with Crippen LogP contribution in [0.25, 0.3) is 0 Å². The third-order valence-corrected chi connectivity index (χ3v) is 3.65. The highest BCUT2D eigenvalue weighted by Gasteiger charge is 2.17. The van der Waals surface area contributed by atoms with Gasteiger partial charge in [0, 0.05) is 18.3 Å². The summed E-state index contributed by atoms with van der Waals surface area (Å²) in [7, 11) is 1.89. The van der Waals surface area contributed by atoms with Crippen LogP contribution in [0.3, 0.4) is 0 Å². The van der Waals surface area contributed by atoms with E-state index in [0.717, 1.165) is 17.1 Å². The molecule has 0 aliphatic rings. The molecule has 1 N–H and O–H groups in total. The molecule has 1 aromatic heterocycles. The van der Waals surface area contributed by atoms with Crippen LogP contribution < -0.4 is 4.90 Å². The maximum Gasteiger partial charge on any atom is 0.129 e. The third kappa shape index (κ3) is 2.80. The lowest BCUT2D eigenvalue weighted by atomic mass is 10.1. The third-order valence-electron chi connectivity index (χ3n) is 3.65. The molecule has 0 aliphatic carbocycles. The first-order valence-electron chi connectivity index (χ1n) is 6.59. The van der Waals surface area contributed by atoms with Crippen LogP contribution in [0, 0.1) is 12.7 Å². The zero-order valence-corrected chi connectivity index (χ0v) is 12.0. The molecule has 0 spiro atoms. The molecule has 1 atom stereocenters. The van der Waals surface area contributed by atoms with Crippen LogP contribution in [0.15, 0.2) is 36.4 Å². The number of aliphatic hydroxyl groups excluding tert-OH is 1. The van der Waals surface area contributed by atoms with Crippen LogP contribution in [0.2, 0.25) is 0 Å². The van der Waals surface area contributed by atoms with Gasteiger partial charge in [-0.25, -0.2) is 9.37 Å². The Bertz CT molecular complexity index is 601. The van der Waals surface area contributed by atoms with Crippen LogP contribution >= 0.6 is 0 Å². The van der Waals surface area contributed by atoms with Crippen molar-refractivity contribution in [3.63, 3.8) is 0 Å². The van der Waals surface area contributed by atoms with Gasteiger partial charge in [0.1, 0.15) is 11.6 Å². The predicted molar refractivity (Wildman–Crippen MR) is 78.1 cm³/mol. The Labute approximate surface area is 118 Å². The van der Waals surface area contributed by atoms with Gasteiger partial charge >= 0.3 is 0 Å². The highest BCUT2D eigenvalue weighted by atomic mass is 19.1. The van der Waals surface area contributed by atoms with Crippen molar-refractivity contribution in [1.29, 1.82) is 0 Å². The van der Waals surface area contributed by atoms with Crippen molar-refractivity contribution in [3.05, 3.63) is 59.0 Å². The highest BCUT2D eigenvalue weighted by molar-refractivity contribution is 5.43. The zero-order chi connectivity index (χ0) is 14.7. The van der Waals surface area contributed by atoms with Crippen molar-refractivity contribution in [2.45, 2.75) is 26.5 Å². The van der Waals surface area contributed by atoms with E-state index >= 15 is 0 Å². The maximum atomic E-state index is 13.8. The predicted octanol–water partition coefficient (Wildman–Crippen LogP) is 3.22. The van der Waals surface area contributed by atoms with Crippen molar-refractivity contribution in [2.75, 3.05) is 11.9 Å². The molecule has 0 saturated heterocycles. The molecule has 20 heavy (non-hydrogen) atoms. The van der Waals surface area contributed by atoms with Gasteiger partial charge in [0.05, 0.1) is 12.6 Å². The minimum absolute atomic E-state index is 0.0221. The number of rotatable bonds is 4. The lowest BCUT2D eigenvalue weighted by molar-refractivity contribution is 0.280. The fraction of sp³-hybridized carbons (Fsp3) is 0.312. The van der Waals surface area contributed by atoms with Gasteiger partial charge in [-0.2, -0.15) is 0 Å². The van der Waals surface area contributed by atoms with Gasteiger partial charge in [-0.15, -0.1) is 0 Å². The first kappa shape index (κ1) is 14.5. The lowest BCUT2D eigenvalue weighted by Crippen LogP contribution is -2.23. The fourth-order valence-electron chi connectivity index (χ4n) is 2.16. The standard InChI is InChI=1S/C16H19FN2O/c1-11-13(10-20)8-9-16(18-11)19(3)12(2)14-6-4-5-7-15(14)17/h4-9,12,20H,10H2,1-3H3. The van der Waals surface area contributed by atoms with Crippen LogP contribution in [0.1, 0.15) is 29.8 Å². The number of aromatic nitrogens is 1. The van der Waals surface area contributed by atoms with E-state index in [-0.39, 0.29) is 18.5 Å². The normalized spacial score (nSPS) is 12.2. The molecule has 1 heterocycles. The number of halogens is 1. The summed E-state index contributed by atoms with van der Waals surface area (Å²) in [5, 5.41) is 9.17.